The molecule has 1 aliphatic rings. The van der Waals surface area contributed by atoms with Gasteiger partial charge in [0.05, 0.1) is 24.6 Å². The van der Waals surface area contributed by atoms with Crippen LogP contribution in [0.3, 0.4) is 0 Å². The number of allylic oxidation sites excluding steroid dienone is 6. The van der Waals surface area contributed by atoms with E-state index in [0.29, 0.717) is 32.7 Å². The molecule has 49 heavy (non-hydrogen) atoms. The largest absolute Gasteiger partial charge is 0.493 e. The normalized spacial score (nSPS) is 16.8. The third-order valence-electron chi connectivity index (χ3n) is 8.75. The van der Waals surface area contributed by atoms with Crippen LogP contribution < -0.4 is 15.4 Å². The third kappa shape index (κ3) is 11.8. The van der Waals surface area contributed by atoms with Gasteiger partial charge in [0.1, 0.15) is 30.8 Å². The van der Waals surface area contributed by atoms with E-state index in [2.05, 4.69) is 65.1 Å². The number of fused-ring (bicyclic) bond motifs is 3. The molecule has 0 saturated heterocycles. The molecule has 0 aliphatic heterocycles. The number of unbranched alkanes of at least 4 members (excludes halogenated alkanes) is 5. The lowest BCUT2D eigenvalue weighted by atomic mass is 9.86. The van der Waals surface area contributed by atoms with Crippen LogP contribution in [0.25, 0.3) is 21.8 Å². The number of amides is 1. The first-order valence-corrected chi connectivity index (χ1v) is 17.7. The molecule has 266 valence electrons. The Bertz CT molecular complexity index is 1570. The zero-order valence-electron chi connectivity index (χ0n) is 29.2. The minimum absolute atomic E-state index is 0.00847. The molecular formula is C40H55N3O6. The Balaban J connectivity index is 1.08. The highest BCUT2D eigenvalue weighted by Crippen LogP contribution is 2.41. The summed E-state index contributed by atoms with van der Waals surface area (Å²) in [5, 5.41) is 27.4. The predicted molar refractivity (Wildman–Crippen MR) is 197 cm³/mol. The summed E-state index contributed by atoms with van der Waals surface area (Å²) in [4.78, 5) is 15.0. The second-order valence-corrected chi connectivity index (χ2v) is 12.8. The molecule has 1 amide bonds. The second-order valence-electron chi connectivity index (χ2n) is 12.8. The maximum atomic E-state index is 11.5. The van der Waals surface area contributed by atoms with Gasteiger partial charge in [0.25, 0.3) is 0 Å². The number of nitrogens with one attached hydrogen (secondary N) is 3. The highest BCUT2D eigenvalue weighted by Gasteiger charge is 2.34. The van der Waals surface area contributed by atoms with Gasteiger partial charge in [-0.05, 0) is 63.3 Å². The van der Waals surface area contributed by atoms with E-state index >= 15 is 0 Å². The first-order chi connectivity index (χ1) is 23.9. The summed E-state index contributed by atoms with van der Waals surface area (Å²) in [6, 6.07) is 14.1. The van der Waals surface area contributed by atoms with Gasteiger partial charge in [-0.25, -0.2) is 0 Å². The molecule has 0 bridgehead atoms. The molecule has 3 aromatic rings. The molecule has 0 spiro atoms. The fourth-order valence-electron chi connectivity index (χ4n) is 6.06. The van der Waals surface area contributed by atoms with Gasteiger partial charge in [-0.15, -0.1) is 0 Å². The smallest absolute Gasteiger partial charge is 0.220 e. The fourth-order valence-corrected chi connectivity index (χ4v) is 6.06. The molecule has 2 aromatic carbocycles. The lowest BCUT2D eigenvalue weighted by Gasteiger charge is -2.25. The van der Waals surface area contributed by atoms with Crippen LogP contribution in [0.5, 0.6) is 5.75 Å². The average molecular weight is 674 g/mol. The number of carbonyl (C=O) groups is 1. The molecule has 4 rings (SSSR count). The van der Waals surface area contributed by atoms with E-state index in [0.717, 1.165) is 84.0 Å². The van der Waals surface area contributed by atoms with E-state index in [9.17, 15) is 9.90 Å². The summed E-state index contributed by atoms with van der Waals surface area (Å²) in [5.74, 6) is 2.37. The summed E-state index contributed by atoms with van der Waals surface area (Å²) >= 11 is 0. The number of aromatic amines is 1. The number of ether oxygens (including phenoxy) is 3. The van der Waals surface area contributed by atoms with Gasteiger partial charge >= 0.3 is 0 Å². The number of aliphatic hydroxyl groups excluding tert-OH is 2. The van der Waals surface area contributed by atoms with Crippen LogP contribution >= 0.6 is 0 Å². The van der Waals surface area contributed by atoms with E-state index in [1.807, 2.05) is 36.4 Å². The van der Waals surface area contributed by atoms with Crippen molar-refractivity contribution in [3.05, 3.63) is 90.4 Å². The molecular weight excluding hydrogens is 618 g/mol. The van der Waals surface area contributed by atoms with Crippen molar-refractivity contribution in [2.45, 2.75) is 70.8 Å². The lowest BCUT2D eigenvalue weighted by molar-refractivity contribution is -0.121. The molecule has 0 radical (unpaired) electrons. The summed E-state index contributed by atoms with van der Waals surface area (Å²) in [5.41, 5.74) is 1.80. The van der Waals surface area contributed by atoms with Crippen LogP contribution in [0, 0.1) is 5.41 Å². The van der Waals surface area contributed by atoms with E-state index in [4.69, 9.17) is 19.3 Å². The zero-order chi connectivity index (χ0) is 34.7. The quantitative estimate of drug-likeness (QED) is 0.0521. The van der Waals surface area contributed by atoms with Crippen molar-refractivity contribution in [2.24, 2.45) is 5.41 Å². The topological polar surface area (TPSA) is 125 Å². The molecule has 1 aromatic heterocycles. The number of hydrogen-bond acceptors (Lipinski definition) is 7. The third-order valence-corrected chi connectivity index (χ3v) is 8.75. The van der Waals surface area contributed by atoms with Gasteiger partial charge in [0, 0.05) is 42.3 Å². The summed E-state index contributed by atoms with van der Waals surface area (Å²) in [6.07, 6.45) is 21.1. The Morgan fingerprint density at radius 2 is 1.76 bits per heavy atom. The standard InChI is InChI=1S/C40H55N3O6/c1-40(23-15-11-9-7-5-3-4-6-8-10-12-21-37(46)42-25-27-44)24-22-36(47-2)39(40)48-28-26-41-29-31(45)30-49-35-20-16-19-34-38(35)32-17-13-14-18-33(32)43-34/h5,7,11,13-20,22,24,31,41,43-45H,3-4,6,8-10,12,21,23,25-30H2,1-2H3,(H,42,46)/b7-5-,15-11-. The SMILES string of the molecule is COC1=C(OCCNCC(O)COc2cccc3[nH]c4ccccc4c23)C(C)(C/C=C\C/C=C\CCCCCCCC(=O)NCCO)C=C1. The van der Waals surface area contributed by atoms with E-state index < -0.39 is 6.10 Å². The number of methoxy groups -OCH3 is 1. The average Bonchev–Trinajstić information content (AvgIpc) is 3.65. The first kappa shape index (κ1) is 37.8. The number of H-pyrrole nitrogens is 1. The van der Waals surface area contributed by atoms with Crippen molar-refractivity contribution in [3.8, 4) is 5.75 Å². The molecule has 9 nitrogen and oxygen atoms in total. The molecule has 1 aliphatic carbocycles. The van der Waals surface area contributed by atoms with Crippen LogP contribution in [0.2, 0.25) is 0 Å². The van der Waals surface area contributed by atoms with Crippen LogP contribution in [-0.2, 0) is 14.3 Å². The van der Waals surface area contributed by atoms with Crippen molar-refractivity contribution in [1.82, 2.24) is 15.6 Å². The van der Waals surface area contributed by atoms with Crippen LogP contribution in [0.1, 0.15) is 64.7 Å². The van der Waals surface area contributed by atoms with Crippen molar-refractivity contribution in [3.63, 3.8) is 0 Å². The second kappa shape index (κ2) is 20.5. The summed E-state index contributed by atoms with van der Waals surface area (Å²) < 4.78 is 17.9. The minimum Gasteiger partial charge on any atom is -0.493 e. The predicted octanol–water partition coefficient (Wildman–Crippen LogP) is 6.83. The number of carbonyl (C=O) groups excluding carboxylic acids is 1. The zero-order valence-corrected chi connectivity index (χ0v) is 29.2. The van der Waals surface area contributed by atoms with E-state index in [1.165, 1.54) is 6.42 Å². The molecule has 2 atom stereocenters. The summed E-state index contributed by atoms with van der Waals surface area (Å²) in [7, 11) is 1.67. The Labute approximate surface area is 291 Å². The monoisotopic (exact) mass is 673 g/mol. The molecule has 5 N–H and O–H groups in total. The number of benzene rings is 2. The molecule has 1 heterocycles. The van der Waals surface area contributed by atoms with Crippen LogP contribution in [-0.4, -0.2) is 73.8 Å². The first-order valence-electron chi connectivity index (χ1n) is 17.7. The summed E-state index contributed by atoms with van der Waals surface area (Å²) in [6.45, 7) is 4.10. The maximum Gasteiger partial charge on any atom is 0.220 e. The van der Waals surface area contributed by atoms with Crippen LogP contribution in [0.4, 0.5) is 0 Å². The minimum atomic E-state index is -0.665. The maximum absolute atomic E-state index is 11.5. The fraction of sp³-hybridized carbons (Fsp3) is 0.475. The van der Waals surface area contributed by atoms with E-state index in [1.54, 1.807) is 7.11 Å². The Hall–Kier alpha value is -4.05. The van der Waals surface area contributed by atoms with Gasteiger partial charge in [0.15, 0.2) is 5.76 Å². The number of aromatic nitrogens is 1. The molecule has 2 unspecified atom stereocenters. The molecule has 9 heteroatoms. The molecule has 0 saturated carbocycles. The van der Waals surface area contributed by atoms with Gasteiger partial charge in [-0.1, -0.05) is 73.9 Å². The van der Waals surface area contributed by atoms with Gasteiger partial charge in [-0.2, -0.15) is 0 Å². The van der Waals surface area contributed by atoms with Gasteiger partial charge in [0.2, 0.25) is 5.91 Å². The Kier molecular flexibility index (Phi) is 15.8. The number of aliphatic hydroxyl groups is 2. The lowest BCUT2D eigenvalue weighted by Crippen LogP contribution is -2.33. The Morgan fingerprint density at radius 1 is 0.959 bits per heavy atom. The van der Waals surface area contributed by atoms with Crippen molar-refractivity contribution >= 4 is 27.7 Å². The van der Waals surface area contributed by atoms with Crippen LogP contribution in [0.15, 0.2) is 90.4 Å². The molecule has 0 fully saturated rings. The highest BCUT2D eigenvalue weighted by molar-refractivity contribution is 6.10. The van der Waals surface area contributed by atoms with E-state index in [-0.39, 0.29) is 24.5 Å². The number of hydrogen-bond donors (Lipinski definition) is 5. The van der Waals surface area contributed by atoms with Crippen molar-refractivity contribution in [2.75, 3.05) is 46.6 Å². The van der Waals surface area contributed by atoms with Crippen molar-refractivity contribution < 1.29 is 29.2 Å². The van der Waals surface area contributed by atoms with Crippen molar-refractivity contribution in [1.29, 1.82) is 0 Å². The van der Waals surface area contributed by atoms with Gasteiger partial charge < -0.3 is 40.0 Å². The number of rotatable bonds is 24. The number of para-hydroxylation sites is 1. The Morgan fingerprint density at radius 3 is 2.61 bits per heavy atom. The highest BCUT2D eigenvalue weighted by atomic mass is 16.5. The van der Waals surface area contributed by atoms with Gasteiger partial charge in [-0.3, -0.25) is 4.79 Å².